The van der Waals surface area contributed by atoms with E-state index in [1.165, 1.54) is 0 Å². The summed E-state index contributed by atoms with van der Waals surface area (Å²) in [6.07, 6.45) is 1.56. The van der Waals surface area contributed by atoms with Gasteiger partial charge in [0.1, 0.15) is 0 Å². The predicted molar refractivity (Wildman–Crippen MR) is 27.6 cm³/mol. The van der Waals surface area contributed by atoms with Crippen molar-refractivity contribution in [1.82, 2.24) is 0 Å². The Morgan fingerprint density at radius 3 is 2.75 bits per heavy atom. The minimum absolute atomic E-state index is 0.0370. The monoisotopic (exact) mass is 114 g/mol. The second kappa shape index (κ2) is 1.56. The summed E-state index contributed by atoms with van der Waals surface area (Å²) in [5.74, 6) is -0.0370. The zero-order valence-electron chi connectivity index (χ0n) is 4.20. The van der Waals surface area contributed by atoms with E-state index in [0.29, 0.717) is 6.54 Å². The summed E-state index contributed by atoms with van der Waals surface area (Å²) >= 11 is 0. The van der Waals surface area contributed by atoms with Crippen LogP contribution < -0.4 is 5.73 Å². The maximum absolute atomic E-state index is 9.81. The van der Waals surface area contributed by atoms with Crippen molar-refractivity contribution in [3.8, 4) is 0 Å². The summed E-state index contributed by atoms with van der Waals surface area (Å²) in [5.41, 5.74) is 5.38. The number of hydrogen-bond donors (Lipinski definition) is 1. The van der Waals surface area contributed by atoms with Gasteiger partial charge in [-0.15, -0.1) is 0 Å². The van der Waals surface area contributed by atoms with Gasteiger partial charge in [-0.25, -0.2) is 0 Å². The fourth-order valence-electron chi connectivity index (χ4n) is 0.543. The largest absolute Gasteiger partial charge is 0.329 e. The summed E-state index contributed by atoms with van der Waals surface area (Å²) in [6, 6.07) is 0. The average molecular weight is 114 g/mol. The van der Waals surface area contributed by atoms with Crippen LogP contribution >= 0.6 is 0 Å². The van der Waals surface area contributed by atoms with Crippen molar-refractivity contribution in [2.24, 2.45) is 11.7 Å². The third kappa shape index (κ3) is 0.696. The zero-order chi connectivity index (χ0) is 6.15. The number of nitrogens with zero attached hydrogens (tertiary/aromatic N) is 1. The first-order valence-corrected chi connectivity index (χ1v) is 2.32. The Morgan fingerprint density at radius 1 is 2.00 bits per heavy atom. The van der Waals surface area contributed by atoms with Crippen LogP contribution in [0.3, 0.4) is 0 Å². The second-order valence-corrected chi connectivity index (χ2v) is 1.69. The maximum atomic E-state index is 9.81. The van der Waals surface area contributed by atoms with Gasteiger partial charge in [0, 0.05) is 12.6 Å². The third-order valence-electron chi connectivity index (χ3n) is 1.11. The second-order valence-electron chi connectivity index (χ2n) is 1.69. The fraction of sp³-hybridized carbons (Fsp3) is 0.500. The quantitative estimate of drug-likeness (QED) is 0.397. The van der Waals surface area contributed by atoms with E-state index >= 15 is 0 Å². The lowest BCUT2D eigenvalue weighted by molar-refractivity contribution is -0.420. The zero-order valence-corrected chi connectivity index (χ0v) is 4.20. The van der Waals surface area contributed by atoms with Crippen LogP contribution in [0, 0.1) is 16.0 Å². The first-order chi connectivity index (χ1) is 3.75. The lowest BCUT2D eigenvalue weighted by Crippen LogP contribution is -2.05. The summed E-state index contributed by atoms with van der Waals surface area (Å²) in [4.78, 5) is 9.42. The fourth-order valence-corrected chi connectivity index (χ4v) is 0.543. The van der Waals surface area contributed by atoms with Gasteiger partial charge in [-0.3, -0.25) is 10.1 Å². The van der Waals surface area contributed by atoms with Gasteiger partial charge in [0.15, 0.2) is 0 Å². The van der Waals surface area contributed by atoms with Crippen LogP contribution in [0.15, 0.2) is 11.8 Å². The molecule has 0 heterocycles. The summed E-state index contributed by atoms with van der Waals surface area (Å²) in [6.45, 7) is 0.371. The van der Waals surface area contributed by atoms with Gasteiger partial charge in [0.25, 0.3) is 5.70 Å². The minimum Gasteiger partial charge on any atom is -0.329 e. The molecule has 2 N–H and O–H groups in total. The molecule has 0 spiro atoms. The number of nitro groups is 1. The van der Waals surface area contributed by atoms with Gasteiger partial charge in [0.05, 0.1) is 10.8 Å². The topological polar surface area (TPSA) is 69.2 Å². The minimum atomic E-state index is -0.391. The molecule has 0 bridgehead atoms. The highest BCUT2D eigenvalue weighted by molar-refractivity contribution is 5.22. The van der Waals surface area contributed by atoms with Crippen molar-refractivity contribution < 1.29 is 4.92 Å². The van der Waals surface area contributed by atoms with Crippen LogP contribution in [0.5, 0.6) is 0 Å². The molecule has 0 saturated heterocycles. The van der Waals surface area contributed by atoms with Crippen LogP contribution in [-0.2, 0) is 0 Å². The number of hydrogen-bond acceptors (Lipinski definition) is 3. The molecule has 0 fully saturated rings. The molecular formula is C4H6N2O2. The molecule has 0 saturated carbocycles. The van der Waals surface area contributed by atoms with Crippen molar-refractivity contribution in [2.75, 3.05) is 6.54 Å². The lowest BCUT2D eigenvalue weighted by Gasteiger charge is -1.83. The summed E-state index contributed by atoms with van der Waals surface area (Å²) in [5, 5.41) is 9.81. The van der Waals surface area contributed by atoms with Gasteiger partial charge in [0.2, 0.25) is 0 Å². The lowest BCUT2D eigenvalue weighted by atomic mass is 10.4. The Bertz CT molecular complexity index is 152. The van der Waals surface area contributed by atoms with E-state index in [-0.39, 0.29) is 11.6 Å². The van der Waals surface area contributed by atoms with Gasteiger partial charge in [-0.1, -0.05) is 0 Å². The molecule has 4 nitrogen and oxygen atoms in total. The third-order valence-corrected chi connectivity index (χ3v) is 1.11. The smallest absolute Gasteiger partial charge is 0.251 e. The van der Waals surface area contributed by atoms with E-state index < -0.39 is 4.92 Å². The van der Waals surface area contributed by atoms with E-state index in [2.05, 4.69) is 0 Å². The first-order valence-electron chi connectivity index (χ1n) is 2.32. The molecule has 4 heteroatoms. The standard InChI is InChI=1S/C4H6N2O2/c5-2-3-1-4(3)6(7)8/h1,3H,2,5H2/t3-/m0/s1. The Kier molecular flexibility index (Phi) is 1.02. The van der Waals surface area contributed by atoms with Gasteiger partial charge in [-0.2, -0.15) is 0 Å². The molecule has 0 aromatic heterocycles. The van der Waals surface area contributed by atoms with Crippen molar-refractivity contribution in [1.29, 1.82) is 0 Å². The Balaban J connectivity index is 2.35. The molecule has 1 aliphatic rings. The average Bonchev–Trinajstić information content (AvgIpc) is 2.42. The Hall–Kier alpha value is -0.900. The molecule has 0 aromatic carbocycles. The molecule has 1 atom stereocenters. The highest BCUT2D eigenvalue weighted by atomic mass is 16.6. The van der Waals surface area contributed by atoms with Gasteiger partial charge < -0.3 is 5.73 Å². The number of rotatable bonds is 2. The van der Waals surface area contributed by atoms with E-state index in [1.54, 1.807) is 6.08 Å². The van der Waals surface area contributed by atoms with Gasteiger partial charge >= 0.3 is 0 Å². The summed E-state index contributed by atoms with van der Waals surface area (Å²) in [7, 11) is 0. The van der Waals surface area contributed by atoms with Crippen molar-refractivity contribution in [3.63, 3.8) is 0 Å². The maximum Gasteiger partial charge on any atom is 0.251 e. The van der Waals surface area contributed by atoms with Crippen LogP contribution in [0.2, 0.25) is 0 Å². The normalized spacial score (nSPS) is 24.6. The molecule has 0 aromatic rings. The molecular weight excluding hydrogens is 108 g/mol. The van der Waals surface area contributed by atoms with Crippen LogP contribution in [0.25, 0.3) is 0 Å². The van der Waals surface area contributed by atoms with E-state index in [1.807, 2.05) is 0 Å². The molecule has 1 rings (SSSR count). The molecule has 0 unspecified atom stereocenters. The highest BCUT2D eigenvalue weighted by Crippen LogP contribution is 2.26. The SMILES string of the molecule is NC[C@@H]1C=C1[N+](=O)[O-]. The van der Waals surface area contributed by atoms with Crippen LogP contribution in [0.4, 0.5) is 0 Å². The van der Waals surface area contributed by atoms with Crippen LogP contribution in [0.1, 0.15) is 0 Å². The first kappa shape index (κ1) is 5.24. The Labute approximate surface area is 46.1 Å². The van der Waals surface area contributed by atoms with Crippen molar-refractivity contribution in [2.45, 2.75) is 0 Å². The molecule has 1 aliphatic carbocycles. The highest BCUT2D eigenvalue weighted by Gasteiger charge is 2.34. The number of nitrogens with two attached hydrogens (primary N) is 1. The van der Waals surface area contributed by atoms with Crippen molar-refractivity contribution >= 4 is 0 Å². The molecule has 8 heavy (non-hydrogen) atoms. The predicted octanol–water partition coefficient (Wildman–Crippen LogP) is -0.264. The Morgan fingerprint density at radius 2 is 2.62 bits per heavy atom. The van der Waals surface area contributed by atoms with E-state index in [4.69, 9.17) is 5.73 Å². The van der Waals surface area contributed by atoms with E-state index in [9.17, 15) is 10.1 Å². The van der Waals surface area contributed by atoms with Gasteiger partial charge in [-0.05, 0) is 0 Å². The molecule has 0 radical (unpaired) electrons. The van der Waals surface area contributed by atoms with Crippen molar-refractivity contribution in [3.05, 3.63) is 21.9 Å². The molecule has 0 aliphatic heterocycles. The molecule has 0 amide bonds. The summed E-state index contributed by atoms with van der Waals surface area (Å²) < 4.78 is 0. The van der Waals surface area contributed by atoms with E-state index in [0.717, 1.165) is 0 Å². The molecule has 44 valence electrons. The van der Waals surface area contributed by atoms with Crippen LogP contribution in [-0.4, -0.2) is 11.5 Å².